The van der Waals surface area contributed by atoms with Crippen LogP contribution in [0.15, 0.2) is 24.3 Å². The number of nitrogens with two attached hydrogens (primary N) is 1. The molecule has 2 aliphatic heterocycles. The van der Waals surface area contributed by atoms with Crippen LogP contribution >= 0.6 is 0 Å². The fourth-order valence-electron chi connectivity index (χ4n) is 3.91. The van der Waals surface area contributed by atoms with Crippen LogP contribution in [0.4, 0.5) is 0 Å². The predicted molar refractivity (Wildman–Crippen MR) is 83.7 cm³/mol. The Morgan fingerprint density at radius 1 is 1.25 bits per heavy atom. The zero-order valence-electron chi connectivity index (χ0n) is 12.8. The zero-order chi connectivity index (χ0) is 14.2. The lowest BCUT2D eigenvalue weighted by atomic mass is 9.80. The first kappa shape index (κ1) is 14.1. The van der Waals surface area contributed by atoms with E-state index in [0.29, 0.717) is 6.04 Å². The van der Waals surface area contributed by atoms with E-state index in [2.05, 4.69) is 48.0 Å². The van der Waals surface area contributed by atoms with Gasteiger partial charge in [-0.2, -0.15) is 0 Å². The molecule has 0 saturated carbocycles. The summed E-state index contributed by atoms with van der Waals surface area (Å²) < 4.78 is 0. The molecule has 2 unspecified atom stereocenters. The molecule has 2 N–H and O–H groups in total. The molecule has 110 valence electrons. The largest absolute Gasteiger partial charge is 0.329 e. The van der Waals surface area contributed by atoms with Crippen molar-refractivity contribution in [2.75, 3.05) is 26.7 Å². The number of hydrogen-bond donors (Lipinski definition) is 1. The van der Waals surface area contributed by atoms with Crippen molar-refractivity contribution >= 4 is 0 Å². The minimum absolute atomic E-state index is 0.208. The van der Waals surface area contributed by atoms with Crippen LogP contribution in [0.2, 0.25) is 0 Å². The highest BCUT2D eigenvalue weighted by Gasteiger charge is 2.41. The minimum Gasteiger partial charge on any atom is -0.329 e. The van der Waals surface area contributed by atoms with Crippen molar-refractivity contribution in [1.29, 1.82) is 0 Å². The highest BCUT2D eigenvalue weighted by atomic mass is 15.3. The second-order valence-electron chi connectivity index (χ2n) is 6.65. The van der Waals surface area contributed by atoms with Crippen molar-refractivity contribution in [2.45, 2.75) is 44.3 Å². The van der Waals surface area contributed by atoms with Crippen molar-refractivity contribution in [3.63, 3.8) is 0 Å². The quantitative estimate of drug-likeness (QED) is 0.892. The highest BCUT2D eigenvalue weighted by Crippen LogP contribution is 2.34. The van der Waals surface area contributed by atoms with Gasteiger partial charge in [-0.1, -0.05) is 24.3 Å². The van der Waals surface area contributed by atoms with Crippen molar-refractivity contribution in [2.24, 2.45) is 5.73 Å². The molecule has 0 amide bonds. The Hall–Kier alpha value is -0.900. The average Bonchev–Trinajstić information content (AvgIpc) is 2.50. The van der Waals surface area contributed by atoms with Crippen LogP contribution in [0.25, 0.3) is 0 Å². The van der Waals surface area contributed by atoms with E-state index >= 15 is 0 Å². The van der Waals surface area contributed by atoms with E-state index in [0.717, 1.165) is 26.2 Å². The average molecular weight is 273 g/mol. The first-order valence-electron chi connectivity index (χ1n) is 7.87. The molecule has 20 heavy (non-hydrogen) atoms. The Balaban J connectivity index is 1.81. The molecule has 3 rings (SSSR count). The van der Waals surface area contributed by atoms with Gasteiger partial charge in [-0.15, -0.1) is 0 Å². The van der Waals surface area contributed by atoms with Gasteiger partial charge in [0.2, 0.25) is 0 Å². The van der Waals surface area contributed by atoms with Gasteiger partial charge in [0.05, 0.1) is 0 Å². The third-order valence-electron chi connectivity index (χ3n) is 5.54. The molecule has 3 heteroatoms. The first-order valence-corrected chi connectivity index (χ1v) is 7.87. The summed E-state index contributed by atoms with van der Waals surface area (Å²) >= 11 is 0. The van der Waals surface area contributed by atoms with Crippen LogP contribution < -0.4 is 5.73 Å². The standard InChI is InChI=1S/C17H27N3/c1-14-11-17(13-18,8-10-19(14)2)20-9-7-15-5-3-4-6-16(15)12-20/h3-6,14H,7-13,18H2,1-2H3. The van der Waals surface area contributed by atoms with Gasteiger partial charge < -0.3 is 10.6 Å². The molecule has 1 aromatic carbocycles. The lowest BCUT2D eigenvalue weighted by molar-refractivity contribution is 0.00171. The number of hydrogen-bond acceptors (Lipinski definition) is 3. The predicted octanol–water partition coefficient (Wildman–Crippen LogP) is 1.86. The maximum absolute atomic E-state index is 6.24. The van der Waals surface area contributed by atoms with Gasteiger partial charge >= 0.3 is 0 Å². The van der Waals surface area contributed by atoms with Crippen molar-refractivity contribution in [3.8, 4) is 0 Å². The molecule has 1 fully saturated rings. The van der Waals surface area contributed by atoms with Crippen LogP contribution in [0.3, 0.4) is 0 Å². The topological polar surface area (TPSA) is 32.5 Å². The number of piperidine rings is 1. The summed E-state index contributed by atoms with van der Waals surface area (Å²) in [6, 6.07) is 9.51. The number of likely N-dealkylation sites (tertiary alicyclic amines) is 1. The van der Waals surface area contributed by atoms with Crippen molar-refractivity contribution in [1.82, 2.24) is 9.80 Å². The summed E-state index contributed by atoms with van der Waals surface area (Å²) in [4.78, 5) is 5.13. The Bertz CT molecular complexity index is 473. The normalized spacial score (nSPS) is 32.0. The number of benzene rings is 1. The molecule has 3 nitrogen and oxygen atoms in total. The molecule has 2 atom stereocenters. The van der Waals surface area contributed by atoms with Gasteiger partial charge in [0, 0.05) is 31.2 Å². The first-order chi connectivity index (χ1) is 9.64. The summed E-state index contributed by atoms with van der Waals surface area (Å²) in [5, 5.41) is 0. The molecule has 2 aliphatic rings. The minimum atomic E-state index is 0.208. The van der Waals surface area contributed by atoms with E-state index in [1.165, 1.54) is 30.4 Å². The zero-order valence-corrected chi connectivity index (χ0v) is 12.8. The molecule has 0 bridgehead atoms. The van der Waals surface area contributed by atoms with Gasteiger partial charge in [0.1, 0.15) is 0 Å². The van der Waals surface area contributed by atoms with E-state index in [-0.39, 0.29) is 5.54 Å². The Labute approximate surface area is 122 Å². The lowest BCUT2D eigenvalue weighted by Crippen LogP contribution is -2.61. The fraction of sp³-hybridized carbons (Fsp3) is 0.647. The van der Waals surface area contributed by atoms with Crippen LogP contribution in [-0.2, 0) is 13.0 Å². The Kier molecular flexibility index (Phi) is 3.85. The molecule has 1 aromatic rings. The van der Waals surface area contributed by atoms with Gasteiger partial charge in [0.25, 0.3) is 0 Å². The summed E-state index contributed by atoms with van der Waals surface area (Å²) in [7, 11) is 2.23. The second-order valence-corrected chi connectivity index (χ2v) is 6.65. The molecule has 1 saturated heterocycles. The molecule has 0 radical (unpaired) electrons. The highest BCUT2D eigenvalue weighted by molar-refractivity contribution is 5.29. The van der Waals surface area contributed by atoms with Crippen LogP contribution in [-0.4, -0.2) is 48.1 Å². The Morgan fingerprint density at radius 3 is 2.70 bits per heavy atom. The SMILES string of the molecule is CC1CC(CN)(N2CCc3ccccc3C2)CCN1C. The summed E-state index contributed by atoms with van der Waals surface area (Å²) in [6.45, 7) is 6.51. The molecule has 2 heterocycles. The fourth-order valence-corrected chi connectivity index (χ4v) is 3.91. The summed E-state index contributed by atoms with van der Waals surface area (Å²) in [5.41, 5.74) is 9.47. The number of fused-ring (bicyclic) bond motifs is 1. The van der Waals surface area contributed by atoms with Crippen molar-refractivity contribution < 1.29 is 0 Å². The Morgan fingerprint density at radius 2 is 2.00 bits per heavy atom. The molecular weight excluding hydrogens is 246 g/mol. The molecular formula is C17H27N3. The lowest BCUT2D eigenvalue weighted by Gasteiger charge is -2.51. The van der Waals surface area contributed by atoms with E-state index in [9.17, 15) is 0 Å². The molecule has 0 aromatic heterocycles. The smallest absolute Gasteiger partial charge is 0.0362 e. The van der Waals surface area contributed by atoms with E-state index in [1.54, 1.807) is 0 Å². The van der Waals surface area contributed by atoms with Crippen molar-refractivity contribution in [3.05, 3.63) is 35.4 Å². The second kappa shape index (κ2) is 5.47. The number of rotatable bonds is 2. The molecule has 0 aliphatic carbocycles. The summed E-state index contributed by atoms with van der Waals surface area (Å²) in [6.07, 6.45) is 3.57. The third kappa shape index (κ3) is 2.39. The number of nitrogens with zero attached hydrogens (tertiary/aromatic N) is 2. The van der Waals surface area contributed by atoms with E-state index in [4.69, 9.17) is 5.73 Å². The van der Waals surface area contributed by atoms with Gasteiger partial charge in [0.15, 0.2) is 0 Å². The maximum atomic E-state index is 6.24. The molecule has 0 spiro atoms. The van der Waals surface area contributed by atoms with Crippen LogP contribution in [0, 0.1) is 0 Å². The maximum Gasteiger partial charge on any atom is 0.0362 e. The van der Waals surface area contributed by atoms with Crippen LogP contribution in [0.1, 0.15) is 30.9 Å². The monoisotopic (exact) mass is 273 g/mol. The third-order valence-corrected chi connectivity index (χ3v) is 5.54. The van der Waals surface area contributed by atoms with Gasteiger partial charge in [-0.3, -0.25) is 4.90 Å². The van der Waals surface area contributed by atoms with Crippen LogP contribution in [0.5, 0.6) is 0 Å². The van der Waals surface area contributed by atoms with Gasteiger partial charge in [-0.25, -0.2) is 0 Å². The van der Waals surface area contributed by atoms with Gasteiger partial charge in [-0.05, 0) is 50.9 Å². The summed E-state index contributed by atoms with van der Waals surface area (Å²) in [5.74, 6) is 0. The van der Waals surface area contributed by atoms with E-state index < -0.39 is 0 Å². The van der Waals surface area contributed by atoms with E-state index in [1.807, 2.05) is 0 Å².